The molecule has 0 heterocycles. The van der Waals surface area contributed by atoms with Gasteiger partial charge < -0.3 is 9.84 Å². The summed E-state index contributed by atoms with van der Waals surface area (Å²) in [6, 6.07) is 0. The summed E-state index contributed by atoms with van der Waals surface area (Å²) in [7, 11) is 0. The Morgan fingerprint density at radius 1 is 1.36 bits per heavy atom. The van der Waals surface area contributed by atoms with Crippen molar-refractivity contribution in [2.45, 2.75) is 20.0 Å². The zero-order chi connectivity index (χ0) is 8.85. The van der Waals surface area contributed by atoms with E-state index in [-0.39, 0.29) is 6.10 Å². The van der Waals surface area contributed by atoms with E-state index in [1.165, 1.54) is 0 Å². The fourth-order valence-corrected chi connectivity index (χ4v) is 0.411. The van der Waals surface area contributed by atoms with E-state index in [9.17, 15) is 9.59 Å². The minimum atomic E-state index is -1.16. The lowest BCUT2D eigenvalue weighted by Gasteiger charge is -2.02. The van der Waals surface area contributed by atoms with Crippen molar-refractivity contribution < 1.29 is 19.4 Å². The molecule has 0 amide bonds. The maximum Gasteiger partial charge on any atom is 0.331 e. The summed E-state index contributed by atoms with van der Waals surface area (Å²) < 4.78 is 4.61. The van der Waals surface area contributed by atoms with Gasteiger partial charge >= 0.3 is 11.9 Å². The first-order valence-corrected chi connectivity index (χ1v) is 3.14. The largest absolute Gasteiger partial charge is 0.478 e. The first-order chi connectivity index (χ1) is 5.02. The maximum absolute atomic E-state index is 10.6. The second-order valence-electron chi connectivity index (χ2n) is 2.16. The van der Waals surface area contributed by atoms with Crippen LogP contribution in [0, 0.1) is 0 Å². The third-order valence-electron chi connectivity index (χ3n) is 0.714. The highest BCUT2D eigenvalue weighted by atomic mass is 16.5. The Morgan fingerprint density at radius 3 is 2.27 bits per heavy atom. The molecule has 0 saturated carbocycles. The van der Waals surface area contributed by atoms with Crippen LogP contribution in [0.1, 0.15) is 13.8 Å². The van der Waals surface area contributed by atoms with Gasteiger partial charge in [0.25, 0.3) is 0 Å². The van der Waals surface area contributed by atoms with Gasteiger partial charge in [-0.2, -0.15) is 0 Å². The maximum atomic E-state index is 10.6. The summed E-state index contributed by atoms with van der Waals surface area (Å²) >= 11 is 0. The molecule has 62 valence electrons. The average molecular weight is 158 g/mol. The lowest BCUT2D eigenvalue weighted by atomic mass is 10.4. The fourth-order valence-electron chi connectivity index (χ4n) is 0.411. The van der Waals surface area contributed by atoms with Gasteiger partial charge in [-0.25, -0.2) is 9.59 Å². The highest BCUT2D eigenvalue weighted by Gasteiger charge is 1.99. The molecule has 0 unspecified atom stereocenters. The number of carboxylic acids is 1. The Hall–Kier alpha value is -1.32. The predicted molar refractivity (Wildman–Crippen MR) is 38.0 cm³/mol. The zero-order valence-corrected chi connectivity index (χ0v) is 6.40. The van der Waals surface area contributed by atoms with E-state index in [2.05, 4.69) is 4.74 Å². The molecule has 0 aliphatic heterocycles. The van der Waals surface area contributed by atoms with E-state index in [1.54, 1.807) is 13.8 Å². The van der Waals surface area contributed by atoms with Crippen LogP contribution < -0.4 is 0 Å². The van der Waals surface area contributed by atoms with Crippen molar-refractivity contribution in [2.24, 2.45) is 0 Å². The topological polar surface area (TPSA) is 63.6 Å². The Bertz CT molecular complexity index is 181. The molecule has 0 rings (SSSR count). The molecule has 0 bridgehead atoms. The van der Waals surface area contributed by atoms with Crippen LogP contribution in [0.25, 0.3) is 0 Å². The Morgan fingerprint density at radius 2 is 1.91 bits per heavy atom. The highest BCUT2D eigenvalue weighted by molar-refractivity contribution is 5.90. The van der Waals surface area contributed by atoms with E-state index in [1.807, 2.05) is 0 Å². The molecular weight excluding hydrogens is 148 g/mol. The minimum absolute atomic E-state index is 0.221. The number of hydrogen-bond donors (Lipinski definition) is 1. The number of rotatable bonds is 3. The van der Waals surface area contributed by atoms with Crippen molar-refractivity contribution >= 4 is 11.9 Å². The van der Waals surface area contributed by atoms with Gasteiger partial charge in [0.05, 0.1) is 6.10 Å². The number of ether oxygens (including phenoxy) is 1. The van der Waals surface area contributed by atoms with Crippen molar-refractivity contribution in [2.75, 3.05) is 0 Å². The average Bonchev–Trinajstić information content (AvgIpc) is 1.82. The molecule has 4 heteroatoms. The smallest absolute Gasteiger partial charge is 0.331 e. The number of aliphatic carboxylic acids is 1. The molecule has 11 heavy (non-hydrogen) atoms. The van der Waals surface area contributed by atoms with Gasteiger partial charge in [0, 0.05) is 12.2 Å². The van der Waals surface area contributed by atoms with Crippen molar-refractivity contribution in [1.82, 2.24) is 0 Å². The number of carbonyl (C=O) groups excluding carboxylic acids is 1. The van der Waals surface area contributed by atoms with Gasteiger partial charge in [0.15, 0.2) is 0 Å². The molecule has 0 aliphatic carbocycles. The van der Waals surface area contributed by atoms with Crippen LogP contribution in [0.5, 0.6) is 0 Å². The van der Waals surface area contributed by atoms with Gasteiger partial charge in [-0.1, -0.05) is 0 Å². The normalized spacial score (nSPS) is 10.5. The van der Waals surface area contributed by atoms with E-state index in [4.69, 9.17) is 5.11 Å². The first-order valence-electron chi connectivity index (χ1n) is 3.14. The Balaban J connectivity index is 3.78. The summed E-state index contributed by atoms with van der Waals surface area (Å²) in [5.41, 5.74) is 0. The van der Waals surface area contributed by atoms with Crippen molar-refractivity contribution in [1.29, 1.82) is 0 Å². The first kappa shape index (κ1) is 9.68. The van der Waals surface area contributed by atoms with Crippen LogP contribution in [0.4, 0.5) is 0 Å². The highest BCUT2D eigenvalue weighted by Crippen LogP contribution is 1.89. The number of esters is 1. The number of carboxylic acid groups (broad SMARTS) is 1. The molecule has 0 atom stereocenters. The van der Waals surface area contributed by atoms with Gasteiger partial charge in [0.2, 0.25) is 0 Å². The molecule has 0 aromatic carbocycles. The third kappa shape index (κ3) is 6.57. The van der Waals surface area contributed by atoms with Gasteiger partial charge in [0.1, 0.15) is 0 Å². The second kappa shape index (κ2) is 4.49. The molecule has 0 aromatic heterocycles. The van der Waals surface area contributed by atoms with Crippen molar-refractivity contribution in [3.8, 4) is 0 Å². The molecule has 1 N–H and O–H groups in total. The Kier molecular flexibility index (Phi) is 3.95. The quantitative estimate of drug-likeness (QED) is 0.482. The minimum Gasteiger partial charge on any atom is -0.478 e. The number of hydrogen-bond acceptors (Lipinski definition) is 3. The van der Waals surface area contributed by atoms with Crippen molar-refractivity contribution in [3.05, 3.63) is 12.2 Å². The molecule has 0 aromatic rings. The lowest BCUT2D eigenvalue weighted by molar-refractivity contribution is -0.142. The monoisotopic (exact) mass is 158 g/mol. The Labute approximate surface area is 64.5 Å². The van der Waals surface area contributed by atoms with Crippen LogP contribution in [0.3, 0.4) is 0 Å². The molecule has 0 aliphatic rings. The van der Waals surface area contributed by atoms with Crippen LogP contribution in [-0.4, -0.2) is 23.1 Å². The van der Waals surface area contributed by atoms with Crippen LogP contribution in [0.2, 0.25) is 0 Å². The summed E-state index contributed by atoms with van der Waals surface area (Å²) in [5.74, 6) is -1.80. The molecular formula is C7H10O4. The summed E-state index contributed by atoms with van der Waals surface area (Å²) in [4.78, 5) is 20.5. The summed E-state index contributed by atoms with van der Waals surface area (Å²) in [5, 5.41) is 8.10. The van der Waals surface area contributed by atoms with Gasteiger partial charge in [-0.05, 0) is 13.8 Å². The standard InChI is InChI=1S/C7H10O4/c1-5(2)11-7(10)4-3-6(8)9/h3-5H,1-2H3,(H,8,9)/b4-3+. The van der Waals surface area contributed by atoms with E-state index >= 15 is 0 Å². The molecule has 0 spiro atoms. The van der Waals surface area contributed by atoms with E-state index in [0.717, 1.165) is 12.2 Å². The summed E-state index contributed by atoms with van der Waals surface area (Å²) in [6.45, 7) is 3.37. The van der Waals surface area contributed by atoms with Crippen LogP contribution in [0.15, 0.2) is 12.2 Å². The predicted octanol–water partition coefficient (Wildman–Crippen LogP) is 0.579. The molecule has 0 saturated heterocycles. The molecule has 0 fully saturated rings. The molecule has 4 nitrogen and oxygen atoms in total. The SMILES string of the molecule is CC(C)OC(=O)/C=C/C(=O)O. The number of carbonyl (C=O) groups is 2. The van der Waals surface area contributed by atoms with Gasteiger partial charge in [-0.3, -0.25) is 0 Å². The second-order valence-corrected chi connectivity index (χ2v) is 2.16. The van der Waals surface area contributed by atoms with E-state index < -0.39 is 11.9 Å². The molecule has 0 radical (unpaired) electrons. The lowest BCUT2D eigenvalue weighted by Crippen LogP contribution is -2.08. The summed E-state index contributed by atoms with van der Waals surface area (Å²) in [6.07, 6.45) is 1.40. The zero-order valence-electron chi connectivity index (χ0n) is 6.40. The van der Waals surface area contributed by atoms with Crippen LogP contribution in [-0.2, 0) is 14.3 Å². The van der Waals surface area contributed by atoms with Crippen molar-refractivity contribution in [3.63, 3.8) is 0 Å². The van der Waals surface area contributed by atoms with Crippen LogP contribution >= 0.6 is 0 Å². The third-order valence-corrected chi connectivity index (χ3v) is 0.714. The van der Waals surface area contributed by atoms with E-state index in [0.29, 0.717) is 0 Å². The van der Waals surface area contributed by atoms with Gasteiger partial charge in [-0.15, -0.1) is 0 Å². The fraction of sp³-hybridized carbons (Fsp3) is 0.429.